The van der Waals surface area contributed by atoms with E-state index in [2.05, 4.69) is 5.32 Å². The van der Waals surface area contributed by atoms with Gasteiger partial charge in [0.1, 0.15) is 5.82 Å². The van der Waals surface area contributed by atoms with Gasteiger partial charge in [0.25, 0.3) is 5.91 Å². The number of halogens is 1. The van der Waals surface area contributed by atoms with Crippen LogP contribution in [0.3, 0.4) is 0 Å². The van der Waals surface area contributed by atoms with E-state index in [1.54, 1.807) is 13.0 Å². The van der Waals surface area contributed by atoms with Gasteiger partial charge >= 0.3 is 0 Å². The van der Waals surface area contributed by atoms with Gasteiger partial charge in [-0.15, -0.1) is 0 Å². The van der Waals surface area contributed by atoms with Gasteiger partial charge < -0.3 is 10.4 Å². The van der Waals surface area contributed by atoms with Crippen LogP contribution in [-0.4, -0.2) is 23.7 Å². The fraction of sp³-hybridized carbons (Fsp3) is 0.533. The number of hydrogen-bond acceptors (Lipinski definition) is 2. The van der Waals surface area contributed by atoms with Crippen LogP contribution in [0, 0.1) is 18.2 Å². The molecule has 0 bridgehead atoms. The number of aliphatic hydroxyl groups is 1. The number of benzene rings is 1. The van der Waals surface area contributed by atoms with E-state index in [4.69, 9.17) is 0 Å². The highest BCUT2D eigenvalue weighted by Gasteiger charge is 2.17. The van der Waals surface area contributed by atoms with Gasteiger partial charge in [0.15, 0.2) is 0 Å². The van der Waals surface area contributed by atoms with Crippen molar-refractivity contribution in [1.29, 1.82) is 0 Å². The molecule has 1 unspecified atom stereocenters. The Morgan fingerprint density at radius 3 is 2.53 bits per heavy atom. The van der Waals surface area contributed by atoms with E-state index in [0.29, 0.717) is 12.0 Å². The molecule has 1 atom stereocenters. The summed E-state index contributed by atoms with van der Waals surface area (Å²) in [5.41, 5.74) is 0.973. The van der Waals surface area contributed by atoms with Crippen molar-refractivity contribution in [3.05, 3.63) is 35.1 Å². The van der Waals surface area contributed by atoms with E-state index in [1.807, 2.05) is 20.8 Å². The standard InChI is InChI=1S/C15H22FNO2/c1-10-5-11(7-12(16)6-10)14(19)17-9-13(18)8-15(2,3)4/h5-7,13,18H,8-9H2,1-4H3,(H,17,19). The van der Waals surface area contributed by atoms with Crippen molar-refractivity contribution in [3.63, 3.8) is 0 Å². The van der Waals surface area contributed by atoms with Gasteiger partial charge in [-0.3, -0.25) is 4.79 Å². The molecule has 3 nitrogen and oxygen atoms in total. The van der Waals surface area contributed by atoms with Crippen LogP contribution in [0.4, 0.5) is 4.39 Å². The van der Waals surface area contributed by atoms with Crippen molar-refractivity contribution in [2.75, 3.05) is 6.54 Å². The molecule has 0 saturated heterocycles. The zero-order valence-electron chi connectivity index (χ0n) is 12.0. The molecule has 0 aliphatic rings. The van der Waals surface area contributed by atoms with Gasteiger partial charge in [-0.25, -0.2) is 4.39 Å². The minimum atomic E-state index is -0.599. The summed E-state index contributed by atoms with van der Waals surface area (Å²) in [6.45, 7) is 7.97. The number of nitrogens with one attached hydrogen (secondary N) is 1. The normalized spacial score (nSPS) is 13.2. The number of rotatable bonds is 4. The van der Waals surface area contributed by atoms with Crippen molar-refractivity contribution in [2.45, 2.75) is 40.2 Å². The number of carbonyl (C=O) groups excluding carboxylic acids is 1. The van der Waals surface area contributed by atoms with E-state index in [-0.39, 0.29) is 23.4 Å². The second-order valence-corrected chi connectivity index (χ2v) is 6.15. The first-order valence-corrected chi connectivity index (χ1v) is 6.41. The summed E-state index contributed by atoms with van der Waals surface area (Å²) in [5.74, 6) is -0.795. The summed E-state index contributed by atoms with van der Waals surface area (Å²) in [5, 5.41) is 12.4. The minimum absolute atomic E-state index is 0.000409. The molecule has 1 rings (SSSR count). The molecule has 0 radical (unpaired) electrons. The van der Waals surface area contributed by atoms with Gasteiger partial charge in [0.2, 0.25) is 0 Å². The molecule has 4 heteroatoms. The van der Waals surface area contributed by atoms with E-state index < -0.39 is 11.9 Å². The molecule has 1 aromatic carbocycles. The van der Waals surface area contributed by atoms with Crippen molar-refractivity contribution >= 4 is 5.91 Å². The summed E-state index contributed by atoms with van der Waals surface area (Å²) >= 11 is 0. The SMILES string of the molecule is Cc1cc(F)cc(C(=O)NCC(O)CC(C)(C)C)c1. The van der Waals surface area contributed by atoms with Crippen molar-refractivity contribution in [1.82, 2.24) is 5.32 Å². The van der Waals surface area contributed by atoms with E-state index in [9.17, 15) is 14.3 Å². The Hall–Kier alpha value is -1.42. The summed E-state index contributed by atoms with van der Waals surface area (Å²) in [6.07, 6.45) is -0.00580. The van der Waals surface area contributed by atoms with Crippen LogP contribution in [0.5, 0.6) is 0 Å². The molecule has 19 heavy (non-hydrogen) atoms. The number of hydrogen-bond donors (Lipinski definition) is 2. The smallest absolute Gasteiger partial charge is 0.251 e. The molecular weight excluding hydrogens is 245 g/mol. The van der Waals surface area contributed by atoms with Crippen LogP contribution < -0.4 is 5.32 Å². The quantitative estimate of drug-likeness (QED) is 0.881. The lowest BCUT2D eigenvalue weighted by Crippen LogP contribution is -2.34. The monoisotopic (exact) mass is 267 g/mol. The van der Waals surface area contributed by atoms with Gasteiger partial charge in [-0.1, -0.05) is 20.8 Å². The second kappa shape index (κ2) is 6.15. The lowest BCUT2D eigenvalue weighted by Gasteiger charge is -2.22. The van der Waals surface area contributed by atoms with Crippen molar-refractivity contribution < 1.29 is 14.3 Å². The Kier molecular flexibility index (Phi) is 5.06. The van der Waals surface area contributed by atoms with Gasteiger partial charge in [-0.2, -0.15) is 0 Å². The van der Waals surface area contributed by atoms with Crippen molar-refractivity contribution in [2.24, 2.45) is 5.41 Å². The highest BCUT2D eigenvalue weighted by molar-refractivity contribution is 5.94. The lowest BCUT2D eigenvalue weighted by molar-refractivity contribution is 0.0868. The first-order chi connectivity index (χ1) is 8.67. The maximum atomic E-state index is 13.2. The zero-order chi connectivity index (χ0) is 14.6. The fourth-order valence-corrected chi connectivity index (χ4v) is 1.96. The Morgan fingerprint density at radius 1 is 1.37 bits per heavy atom. The first-order valence-electron chi connectivity index (χ1n) is 6.41. The molecule has 2 N–H and O–H groups in total. The van der Waals surface area contributed by atoms with Crippen molar-refractivity contribution in [3.8, 4) is 0 Å². The average Bonchev–Trinajstić information content (AvgIpc) is 2.22. The molecule has 0 heterocycles. The summed E-state index contributed by atoms with van der Waals surface area (Å²) in [4.78, 5) is 11.8. The summed E-state index contributed by atoms with van der Waals surface area (Å²) in [7, 11) is 0. The van der Waals surface area contributed by atoms with Crippen LogP contribution in [0.25, 0.3) is 0 Å². The highest BCUT2D eigenvalue weighted by atomic mass is 19.1. The van der Waals surface area contributed by atoms with Crippen LogP contribution in [0.15, 0.2) is 18.2 Å². The summed E-state index contributed by atoms with van der Waals surface area (Å²) in [6, 6.07) is 4.18. The topological polar surface area (TPSA) is 49.3 Å². The lowest BCUT2D eigenvalue weighted by atomic mass is 9.89. The Bertz CT molecular complexity index is 432. The molecule has 0 saturated carbocycles. The van der Waals surface area contributed by atoms with E-state index in [0.717, 1.165) is 0 Å². The van der Waals surface area contributed by atoms with Gasteiger partial charge in [0, 0.05) is 12.1 Å². The van der Waals surface area contributed by atoms with Crippen LogP contribution in [0.2, 0.25) is 0 Å². The third-order valence-corrected chi connectivity index (χ3v) is 2.65. The molecule has 0 aliphatic heterocycles. The predicted molar refractivity (Wildman–Crippen MR) is 73.5 cm³/mol. The molecular formula is C15H22FNO2. The molecule has 0 spiro atoms. The molecule has 106 valence electrons. The van der Waals surface area contributed by atoms with Crippen LogP contribution in [-0.2, 0) is 0 Å². The third kappa shape index (κ3) is 5.83. The second-order valence-electron chi connectivity index (χ2n) is 6.15. The van der Waals surface area contributed by atoms with Gasteiger partial charge in [0.05, 0.1) is 6.10 Å². The Labute approximate surface area is 113 Å². The Morgan fingerprint density at radius 2 is 2.00 bits per heavy atom. The molecule has 0 fully saturated rings. The average molecular weight is 267 g/mol. The summed E-state index contributed by atoms with van der Waals surface area (Å²) < 4.78 is 13.2. The number of aliphatic hydroxyl groups excluding tert-OH is 1. The largest absolute Gasteiger partial charge is 0.391 e. The maximum absolute atomic E-state index is 13.2. The molecule has 1 aromatic rings. The third-order valence-electron chi connectivity index (χ3n) is 2.65. The molecule has 1 amide bonds. The number of amides is 1. The molecule has 0 aromatic heterocycles. The van der Waals surface area contributed by atoms with E-state index >= 15 is 0 Å². The number of aryl methyl sites for hydroxylation is 1. The predicted octanol–water partition coefficient (Wildman–Crippen LogP) is 2.66. The fourth-order valence-electron chi connectivity index (χ4n) is 1.96. The zero-order valence-corrected chi connectivity index (χ0v) is 12.0. The Balaban J connectivity index is 2.56. The number of carbonyl (C=O) groups is 1. The highest BCUT2D eigenvalue weighted by Crippen LogP contribution is 2.20. The van der Waals surface area contributed by atoms with Crippen LogP contribution in [0.1, 0.15) is 43.1 Å². The first kappa shape index (κ1) is 15.6. The minimum Gasteiger partial charge on any atom is -0.391 e. The molecule has 0 aliphatic carbocycles. The maximum Gasteiger partial charge on any atom is 0.251 e. The van der Waals surface area contributed by atoms with Crippen LogP contribution >= 0.6 is 0 Å². The van der Waals surface area contributed by atoms with Gasteiger partial charge in [-0.05, 0) is 42.5 Å². The van der Waals surface area contributed by atoms with E-state index in [1.165, 1.54) is 12.1 Å².